The maximum absolute atomic E-state index is 12.7. The number of rotatable bonds is 8. The predicted octanol–water partition coefficient (Wildman–Crippen LogP) is 3.64. The maximum atomic E-state index is 12.7. The molecule has 0 spiro atoms. The number of thioether (sulfide) groups is 1. The molecule has 33 heavy (non-hydrogen) atoms. The van der Waals surface area contributed by atoms with Gasteiger partial charge in [-0.25, -0.2) is 0 Å². The van der Waals surface area contributed by atoms with Crippen molar-refractivity contribution < 1.29 is 19.1 Å². The maximum Gasteiger partial charge on any atom is 0.237 e. The number of amides is 2. The lowest BCUT2D eigenvalue weighted by atomic mass is 10.2. The second-order valence-electron chi connectivity index (χ2n) is 7.50. The molecular weight excluding hydrogens is 442 g/mol. The third-order valence-corrected chi connectivity index (χ3v) is 6.22. The van der Waals surface area contributed by atoms with Gasteiger partial charge in [-0.3, -0.25) is 9.59 Å². The first-order valence-corrected chi connectivity index (χ1v) is 11.5. The van der Waals surface area contributed by atoms with Crippen LogP contribution >= 0.6 is 11.8 Å². The number of benzene rings is 2. The van der Waals surface area contributed by atoms with Crippen LogP contribution in [-0.2, 0) is 22.6 Å². The van der Waals surface area contributed by atoms with E-state index in [0.717, 1.165) is 11.3 Å². The second-order valence-corrected chi connectivity index (χ2v) is 8.81. The number of para-hydroxylation sites is 1. The van der Waals surface area contributed by atoms with E-state index in [2.05, 4.69) is 20.8 Å². The average molecular weight is 468 g/mol. The fraction of sp³-hybridized carbons (Fsp3) is 0.304. The lowest BCUT2D eigenvalue weighted by Gasteiger charge is -2.13. The molecule has 2 aromatic carbocycles. The smallest absolute Gasteiger partial charge is 0.237 e. The van der Waals surface area contributed by atoms with Crippen molar-refractivity contribution in [3.05, 3.63) is 53.9 Å². The number of aromatic nitrogens is 3. The normalized spacial score (nSPS) is 12.9. The summed E-state index contributed by atoms with van der Waals surface area (Å²) in [6, 6.07) is 12.9. The summed E-state index contributed by atoms with van der Waals surface area (Å²) in [6.07, 6.45) is 0.0908. The third-order valence-electron chi connectivity index (χ3n) is 5.14. The first-order chi connectivity index (χ1) is 15.9. The molecule has 2 heterocycles. The highest BCUT2D eigenvalue weighted by molar-refractivity contribution is 8.00. The number of nitrogens with one attached hydrogen (secondary N) is 2. The predicted molar refractivity (Wildman–Crippen MR) is 126 cm³/mol. The fourth-order valence-electron chi connectivity index (χ4n) is 3.34. The molecule has 0 unspecified atom stereocenters. The highest BCUT2D eigenvalue weighted by Gasteiger charge is 2.22. The molecule has 0 aliphatic carbocycles. The molecule has 1 atom stereocenters. The van der Waals surface area contributed by atoms with Crippen LogP contribution in [0.3, 0.4) is 0 Å². The van der Waals surface area contributed by atoms with Crippen LogP contribution in [0.15, 0.2) is 47.6 Å². The number of anilines is 2. The number of hydrogen-bond acceptors (Lipinski definition) is 7. The first-order valence-electron chi connectivity index (χ1n) is 10.6. The van der Waals surface area contributed by atoms with Gasteiger partial charge >= 0.3 is 0 Å². The van der Waals surface area contributed by atoms with Gasteiger partial charge in [0.15, 0.2) is 16.7 Å². The van der Waals surface area contributed by atoms with E-state index in [1.165, 1.54) is 11.8 Å². The van der Waals surface area contributed by atoms with Crippen molar-refractivity contribution in [1.29, 1.82) is 0 Å². The van der Waals surface area contributed by atoms with Gasteiger partial charge in [0.05, 0.1) is 11.7 Å². The highest BCUT2D eigenvalue weighted by atomic mass is 32.2. The van der Waals surface area contributed by atoms with Crippen molar-refractivity contribution in [3.63, 3.8) is 0 Å². The van der Waals surface area contributed by atoms with Gasteiger partial charge in [0.1, 0.15) is 5.82 Å². The van der Waals surface area contributed by atoms with E-state index in [1.54, 1.807) is 25.1 Å². The van der Waals surface area contributed by atoms with Crippen LogP contribution in [0.25, 0.3) is 0 Å². The number of carbonyl (C=O) groups is 2. The van der Waals surface area contributed by atoms with Crippen molar-refractivity contribution in [2.24, 2.45) is 0 Å². The van der Waals surface area contributed by atoms with Crippen LogP contribution in [0.1, 0.15) is 25.2 Å². The van der Waals surface area contributed by atoms with Gasteiger partial charge in [-0.2, -0.15) is 0 Å². The minimum Gasteiger partial charge on any atom is -0.454 e. The van der Waals surface area contributed by atoms with Crippen molar-refractivity contribution in [1.82, 2.24) is 14.8 Å². The largest absolute Gasteiger partial charge is 0.454 e. The number of fused-ring (bicyclic) bond motifs is 1. The van der Waals surface area contributed by atoms with E-state index in [-0.39, 0.29) is 25.0 Å². The van der Waals surface area contributed by atoms with Crippen molar-refractivity contribution >= 4 is 35.0 Å². The Labute approximate surface area is 195 Å². The second kappa shape index (κ2) is 9.95. The van der Waals surface area contributed by atoms with Crippen LogP contribution in [0, 0.1) is 6.92 Å². The highest BCUT2D eigenvalue weighted by Crippen LogP contribution is 2.34. The van der Waals surface area contributed by atoms with Gasteiger partial charge in [0.25, 0.3) is 0 Å². The Hall–Kier alpha value is -3.53. The molecule has 10 heteroatoms. The summed E-state index contributed by atoms with van der Waals surface area (Å²) in [5.41, 5.74) is 2.39. The van der Waals surface area contributed by atoms with Crippen molar-refractivity contribution in [2.45, 2.75) is 44.1 Å². The molecule has 1 aromatic heterocycles. The molecule has 3 aromatic rings. The van der Waals surface area contributed by atoms with Gasteiger partial charge in [0, 0.05) is 24.0 Å². The lowest BCUT2D eigenvalue weighted by Crippen LogP contribution is -2.23. The molecule has 0 saturated carbocycles. The summed E-state index contributed by atoms with van der Waals surface area (Å²) in [7, 11) is 0. The number of aryl methyl sites for hydroxylation is 1. The number of hydrogen-bond donors (Lipinski definition) is 2. The first kappa shape index (κ1) is 22.7. The van der Waals surface area contributed by atoms with Gasteiger partial charge in [-0.05, 0) is 44.5 Å². The molecule has 0 bridgehead atoms. The molecule has 0 fully saturated rings. The van der Waals surface area contributed by atoms with Gasteiger partial charge in [0.2, 0.25) is 18.6 Å². The fourth-order valence-corrected chi connectivity index (χ4v) is 4.27. The van der Waals surface area contributed by atoms with Gasteiger partial charge < -0.3 is 24.7 Å². The van der Waals surface area contributed by atoms with Crippen LogP contribution in [0.5, 0.6) is 11.5 Å². The summed E-state index contributed by atoms with van der Waals surface area (Å²) in [5.74, 6) is 1.47. The molecule has 1 aliphatic heterocycles. The molecule has 172 valence electrons. The summed E-state index contributed by atoms with van der Waals surface area (Å²) >= 11 is 1.29. The molecule has 0 radical (unpaired) electrons. The molecular formula is C23H25N5O4S. The van der Waals surface area contributed by atoms with E-state index < -0.39 is 5.25 Å². The van der Waals surface area contributed by atoms with Crippen LogP contribution in [0.2, 0.25) is 0 Å². The van der Waals surface area contributed by atoms with E-state index in [9.17, 15) is 9.59 Å². The number of nitrogens with zero attached hydrogens (tertiary/aromatic N) is 3. The van der Waals surface area contributed by atoms with Crippen molar-refractivity contribution in [3.8, 4) is 11.5 Å². The Morgan fingerprint density at radius 2 is 1.91 bits per heavy atom. The summed E-state index contributed by atoms with van der Waals surface area (Å²) in [5, 5.41) is 14.4. The number of ether oxygens (including phenoxy) is 2. The third kappa shape index (κ3) is 5.28. The SMILES string of the molecule is CCn1c(CC(=O)Nc2ccccc2C)nnc1S[C@H](C)C(=O)Nc1ccc2c(c1)OCO2. The summed E-state index contributed by atoms with van der Waals surface area (Å²) in [6.45, 7) is 6.45. The van der Waals surface area contributed by atoms with Crippen LogP contribution in [-0.4, -0.2) is 38.6 Å². The monoisotopic (exact) mass is 467 g/mol. The van der Waals surface area contributed by atoms with E-state index >= 15 is 0 Å². The lowest BCUT2D eigenvalue weighted by molar-refractivity contribution is -0.116. The number of carbonyl (C=O) groups excluding carboxylic acids is 2. The Bertz CT molecular complexity index is 1180. The van der Waals surface area contributed by atoms with E-state index in [4.69, 9.17) is 9.47 Å². The standard InChI is InChI=1S/C23H25N5O4S/c1-4-28-20(12-21(29)25-17-8-6-5-7-14(17)2)26-27-23(28)33-15(3)22(30)24-16-9-10-18-19(11-16)32-13-31-18/h5-11,15H,4,12-13H2,1-3H3,(H,24,30)(H,25,29)/t15-/m1/s1. The van der Waals surface area contributed by atoms with E-state index in [1.807, 2.05) is 42.7 Å². The molecule has 0 saturated heterocycles. The van der Waals surface area contributed by atoms with Crippen molar-refractivity contribution in [2.75, 3.05) is 17.4 Å². The molecule has 9 nitrogen and oxygen atoms in total. The summed E-state index contributed by atoms with van der Waals surface area (Å²) < 4.78 is 12.5. The minimum atomic E-state index is -0.432. The molecule has 4 rings (SSSR count). The zero-order valence-corrected chi connectivity index (χ0v) is 19.4. The Morgan fingerprint density at radius 3 is 2.70 bits per heavy atom. The topological polar surface area (TPSA) is 107 Å². The quantitative estimate of drug-likeness (QED) is 0.487. The minimum absolute atomic E-state index is 0.0908. The zero-order chi connectivity index (χ0) is 23.4. The Morgan fingerprint density at radius 1 is 1.12 bits per heavy atom. The van der Waals surface area contributed by atoms with E-state index in [0.29, 0.717) is 34.7 Å². The Balaban J connectivity index is 1.38. The van der Waals surface area contributed by atoms with Gasteiger partial charge in [-0.1, -0.05) is 30.0 Å². The molecule has 1 aliphatic rings. The van der Waals surface area contributed by atoms with Gasteiger partial charge in [-0.15, -0.1) is 10.2 Å². The van der Waals surface area contributed by atoms with Crippen LogP contribution < -0.4 is 20.1 Å². The zero-order valence-electron chi connectivity index (χ0n) is 18.6. The molecule has 2 amide bonds. The van der Waals surface area contributed by atoms with Crippen LogP contribution in [0.4, 0.5) is 11.4 Å². The molecule has 2 N–H and O–H groups in total. The average Bonchev–Trinajstić information content (AvgIpc) is 3.41. The summed E-state index contributed by atoms with van der Waals surface area (Å²) in [4.78, 5) is 25.3. The Kier molecular flexibility index (Phi) is 6.83.